The summed E-state index contributed by atoms with van der Waals surface area (Å²) in [4.78, 5) is 19.3. The van der Waals surface area contributed by atoms with Gasteiger partial charge in [0.1, 0.15) is 5.82 Å². The van der Waals surface area contributed by atoms with Crippen LogP contribution < -0.4 is 5.32 Å². The van der Waals surface area contributed by atoms with Crippen LogP contribution in [0.4, 0.5) is 0 Å². The average molecular weight is 388 g/mol. The molecule has 0 unspecified atom stereocenters. The molecule has 2 aliphatic heterocycles. The molecule has 0 spiro atoms. The second kappa shape index (κ2) is 7.75. The number of rotatable bonds is 5. The van der Waals surface area contributed by atoms with Crippen LogP contribution in [0.2, 0.25) is 0 Å². The smallest absolute Gasteiger partial charge is 0.289 e. The zero-order valence-corrected chi connectivity index (χ0v) is 16.2. The van der Waals surface area contributed by atoms with E-state index in [1.54, 1.807) is 0 Å². The maximum atomic E-state index is 12.7. The van der Waals surface area contributed by atoms with E-state index in [1.165, 1.54) is 5.56 Å². The minimum absolute atomic E-state index is 0.155. The van der Waals surface area contributed by atoms with Gasteiger partial charge in [0.05, 0.1) is 0 Å². The maximum absolute atomic E-state index is 12.7. The highest BCUT2D eigenvalue weighted by Crippen LogP contribution is 2.33. The molecule has 0 radical (unpaired) electrons. The first kappa shape index (κ1) is 18.0. The Morgan fingerprint density at radius 3 is 2.59 bits per heavy atom. The van der Waals surface area contributed by atoms with Crippen LogP contribution in [0.5, 0.6) is 0 Å². The summed E-state index contributed by atoms with van der Waals surface area (Å²) in [5.41, 5.74) is 2.36. The molecule has 29 heavy (non-hydrogen) atoms. The van der Waals surface area contributed by atoms with Crippen LogP contribution >= 0.6 is 0 Å². The molecule has 7 nitrogen and oxygen atoms in total. The van der Waals surface area contributed by atoms with E-state index in [9.17, 15) is 4.79 Å². The van der Waals surface area contributed by atoms with Crippen LogP contribution in [-0.2, 0) is 26.1 Å². The highest BCUT2D eigenvalue weighted by molar-refractivity contribution is 5.90. The van der Waals surface area contributed by atoms with E-state index in [1.807, 2.05) is 47.3 Å². The van der Waals surface area contributed by atoms with Crippen molar-refractivity contribution in [3.05, 3.63) is 77.6 Å². The van der Waals surface area contributed by atoms with Crippen molar-refractivity contribution in [2.45, 2.75) is 26.1 Å². The fraction of sp³-hybridized carbons (Fsp3) is 0.364. The number of likely N-dealkylation sites (tertiary alicyclic amines) is 1. The number of amides is 1. The Bertz CT molecular complexity index is 987. The lowest BCUT2D eigenvalue weighted by Gasteiger charge is -2.25. The predicted molar refractivity (Wildman–Crippen MR) is 108 cm³/mol. The van der Waals surface area contributed by atoms with Crippen LogP contribution in [0, 0.1) is 11.8 Å². The van der Waals surface area contributed by atoms with Gasteiger partial charge >= 0.3 is 0 Å². The van der Waals surface area contributed by atoms with Crippen LogP contribution in [0.1, 0.15) is 27.6 Å². The highest BCUT2D eigenvalue weighted by Gasteiger charge is 2.39. The number of fused-ring (bicyclic) bond motifs is 2. The molecule has 2 atom stereocenters. The van der Waals surface area contributed by atoms with E-state index in [-0.39, 0.29) is 5.91 Å². The standard InChI is InChI=1S/C22H24N6O/c29-22(24-11-16-4-2-1-3-5-16)21-26-25-20-10-18-13-27(14-19(18)15-28(20)21)12-17-6-8-23-9-7-17/h1-9,18-19H,10-15H2,(H,24,29)/t18-,19-/m1/s1. The van der Waals surface area contributed by atoms with Gasteiger partial charge in [0.2, 0.25) is 5.82 Å². The molecule has 0 bridgehead atoms. The molecule has 1 amide bonds. The second-order valence-corrected chi connectivity index (χ2v) is 7.99. The van der Waals surface area contributed by atoms with Crippen LogP contribution in [-0.4, -0.2) is 43.6 Å². The maximum Gasteiger partial charge on any atom is 0.289 e. The van der Waals surface area contributed by atoms with Crippen molar-refractivity contribution in [1.82, 2.24) is 30.0 Å². The molecule has 7 heteroatoms. The van der Waals surface area contributed by atoms with Gasteiger partial charge in [-0.25, -0.2) is 0 Å². The molecule has 1 fully saturated rings. The Morgan fingerprint density at radius 2 is 1.76 bits per heavy atom. The predicted octanol–water partition coefficient (Wildman–Crippen LogP) is 1.91. The van der Waals surface area contributed by atoms with Gasteiger partial charge < -0.3 is 9.88 Å². The van der Waals surface area contributed by atoms with E-state index < -0.39 is 0 Å². The van der Waals surface area contributed by atoms with Gasteiger partial charge in [-0.2, -0.15) is 0 Å². The number of carbonyl (C=O) groups is 1. The first-order valence-electron chi connectivity index (χ1n) is 10.1. The molecular weight excluding hydrogens is 364 g/mol. The zero-order chi connectivity index (χ0) is 19.6. The molecule has 1 aromatic carbocycles. The molecule has 3 aromatic rings. The monoisotopic (exact) mass is 388 g/mol. The summed E-state index contributed by atoms with van der Waals surface area (Å²) in [6, 6.07) is 14.1. The Labute approximate surface area is 169 Å². The Kier molecular flexibility index (Phi) is 4.81. The topological polar surface area (TPSA) is 75.9 Å². The number of benzene rings is 1. The van der Waals surface area contributed by atoms with Crippen molar-refractivity contribution in [2.75, 3.05) is 13.1 Å². The largest absolute Gasteiger partial charge is 0.345 e. The summed E-state index contributed by atoms with van der Waals surface area (Å²) in [5, 5.41) is 11.5. The summed E-state index contributed by atoms with van der Waals surface area (Å²) >= 11 is 0. The van der Waals surface area contributed by atoms with Crippen LogP contribution in [0.15, 0.2) is 54.9 Å². The molecule has 2 aliphatic rings. The Balaban J connectivity index is 1.24. The fourth-order valence-corrected chi connectivity index (χ4v) is 4.52. The number of hydrogen-bond donors (Lipinski definition) is 1. The van der Waals surface area contributed by atoms with Gasteiger partial charge in [-0.1, -0.05) is 30.3 Å². The van der Waals surface area contributed by atoms with E-state index in [2.05, 4.69) is 37.5 Å². The molecule has 4 heterocycles. The normalized spacial score (nSPS) is 20.8. The lowest BCUT2D eigenvalue weighted by atomic mass is 9.89. The third kappa shape index (κ3) is 3.78. The number of aromatic nitrogens is 4. The third-order valence-electron chi connectivity index (χ3n) is 6.00. The number of hydrogen-bond acceptors (Lipinski definition) is 5. The molecular formula is C22H24N6O. The fourth-order valence-electron chi connectivity index (χ4n) is 4.52. The minimum atomic E-state index is -0.155. The summed E-state index contributed by atoms with van der Waals surface area (Å²) < 4.78 is 2.03. The molecule has 1 saturated heterocycles. The third-order valence-corrected chi connectivity index (χ3v) is 6.00. The van der Waals surface area contributed by atoms with Gasteiger partial charge in [-0.05, 0) is 35.1 Å². The molecule has 0 aliphatic carbocycles. The van der Waals surface area contributed by atoms with Gasteiger partial charge in [-0.3, -0.25) is 14.7 Å². The first-order valence-corrected chi connectivity index (χ1v) is 10.1. The van der Waals surface area contributed by atoms with E-state index in [4.69, 9.17) is 0 Å². The van der Waals surface area contributed by atoms with E-state index in [0.717, 1.165) is 44.0 Å². The van der Waals surface area contributed by atoms with Crippen LogP contribution in [0.3, 0.4) is 0 Å². The molecule has 2 aromatic heterocycles. The SMILES string of the molecule is O=C(NCc1ccccc1)c1nnc2n1C[C@H]1CN(Cc3ccncc3)C[C@H]1C2. The van der Waals surface area contributed by atoms with E-state index in [0.29, 0.717) is 24.2 Å². The number of nitrogens with zero attached hydrogens (tertiary/aromatic N) is 5. The summed E-state index contributed by atoms with van der Waals surface area (Å²) in [7, 11) is 0. The van der Waals surface area contributed by atoms with Crippen molar-refractivity contribution in [2.24, 2.45) is 11.8 Å². The van der Waals surface area contributed by atoms with Gasteiger partial charge in [0.15, 0.2) is 0 Å². The Hall–Kier alpha value is -3.06. The minimum Gasteiger partial charge on any atom is -0.345 e. The van der Waals surface area contributed by atoms with Gasteiger partial charge in [-0.15, -0.1) is 10.2 Å². The number of carbonyl (C=O) groups excluding carboxylic acids is 1. The molecule has 0 saturated carbocycles. The van der Waals surface area contributed by atoms with Gasteiger partial charge in [0.25, 0.3) is 5.91 Å². The second-order valence-electron chi connectivity index (χ2n) is 7.99. The van der Waals surface area contributed by atoms with E-state index >= 15 is 0 Å². The van der Waals surface area contributed by atoms with Crippen molar-refractivity contribution in [3.63, 3.8) is 0 Å². The quantitative estimate of drug-likeness (QED) is 0.723. The first-order chi connectivity index (χ1) is 14.3. The molecule has 5 rings (SSSR count). The number of pyridine rings is 1. The van der Waals surface area contributed by atoms with Crippen molar-refractivity contribution < 1.29 is 4.79 Å². The lowest BCUT2D eigenvalue weighted by molar-refractivity contribution is 0.0932. The molecule has 1 N–H and O–H groups in total. The Morgan fingerprint density at radius 1 is 0.966 bits per heavy atom. The number of nitrogens with one attached hydrogen (secondary N) is 1. The highest BCUT2D eigenvalue weighted by atomic mass is 16.2. The van der Waals surface area contributed by atoms with Crippen molar-refractivity contribution >= 4 is 5.91 Å². The van der Waals surface area contributed by atoms with Gasteiger partial charge in [0, 0.05) is 51.5 Å². The van der Waals surface area contributed by atoms with Crippen LogP contribution in [0.25, 0.3) is 0 Å². The summed E-state index contributed by atoms with van der Waals surface area (Å²) in [6.07, 6.45) is 4.58. The zero-order valence-electron chi connectivity index (χ0n) is 16.2. The van der Waals surface area contributed by atoms with Crippen molar-refractivity contribution in [3.8, 4) is 0 Å². The van der Waals surface area contributed by atoms with Crippen molar-refractivity contribution in [1.29, 1.82) is 0 Å². The summed E-state index contributed by atoms with van der Waals surface area (Å²) in [5.74, 6) is 2.32. The molecule has 148 valence electrons. The average Bonchev–Trinajstić information content (AvgIpc) is 3.34. The summed E-state index contributed by atoms with van der Waals surface area (Å²) in [6.45, 7) is 4.35. The lowest BCUT2D eigenvalue weighted by Crippen LogP contribution is -2.32.